The minimum atomic E-state index is -0.344. The van der Waals surface area contributed by atoms with Crippen molar-refractivity contribution in [3.8, 4) is 0 Å². The van der Waals surface area contributed by atoms with Gasteiger partial charge in [-0.15, -0.1) is 0 Å². The number of thioether (sulfide) groups is 1. The molecular formula is C23H19ClN2O4S2. The van der Waals surface area contributed by atoms with Gasteiger partial charge in [-0.3, -0.25) is 19.3 Å². The normalized spacial score (nSPS) is 17.9. The Morgan fingerprint density at radius 2 is 1.78 bits per heavy atom. The van der Waals surface area contributed by atoms with E-state index in [0.29, 0.717) is 38.4 Å². The van der Waals surface area contributed by atoms with E-state index in [9.17, 15) is 14.4 Å². The first kappa shape index (κ1) is 22.5. The van der Waals surface area contributed by atoms with Gasteiger partial charge in [-0.2, -0.15) is 0 Å². The molecule has 0 unspecified atom stereocenters. The lowest BCUT2D eigenvalue weighted by atomic mass is 10.1. The third-order valence-corrected chi connectivity index (χ3v) is 7.09. The van der Waals surface area contributed by atoms with E-state index in [0.717, 1.165) is 23.0 Å². The largest absolute Gasteiger partial charge is 0.469 e. The number of thiocarbonyl (C=S) groups is 1. The highest BCUT2D eigenvalue weighted by atomic mass is 35.5. The summed E-state index contributed by atoms with van der Waals surface area (Å²) in [6.07, 6.45) is 0.609. The van der Waals surface area contributed by atoms with Crippen LogP contribution in [0.3, 0.4) is 0 Å². The van der Waals surface area contributed by atoms with Gasteiger partial charge in [0.1, 0.15) is 4.32 Å². The van der Waals surface area contributed by atoms with E-state index in [-0.39, 0.29) is 30.7 Å². The molecule has 0 spiro atoms. The summed E-state index contributed by atoms with van der Waals surface area (Å²) >= 11 is 12.8. The molecule has 2 aromatic carbocycles. The fraction of sp³-hybridized carbons (Fsp3) is 0.217. The maximum Gasteiger partial charge on any atom is 0.305 e. The Bertz CT molecular complexity index is 1160. The van der Waals surface area contributed by atoms with E-state index in [4.69, 9.17) is 23.8 Å². The molecule has 2 aliphatic rings. The fourth-order valence-corrected chi connectivity index (χ4v) is 5.25. The van der Waals surface area contributed by atoms with E-state index >= 15 is 0 Å². The van der Waals surface area contributed by atoms with Crippen LogP contribution < -0.4 is 4.90 Å². The molecule has 0 saturated carbocycles. The van der Waals surface area contributed by atoms with Gasteiger partial charge in [-0.05, 0) is 24.1 Å². The molecule has 1 fully saturated rings. The van der Waals surface area contributed by atoms with Crippen LogP contribution in [0.15, 0.2) is 53.4 Å². The summed E-state index contributed by atoms with van der Waals surface area (Å²) in [5, 5.41) is 0.572. The molecule has 4 rings (SSSR count). The predicted octanol–water partition coefficient (Wildman–Crippen LogP) is 4.41. The van der Waals surface area contributed by atoms with Gasteiger partial charge in [0.25, 0.3) is 11.8 Å². The van der Waals surface area contributed by atoms with Crippen molar-refractivity contribution in [3.05, 3.63) is 69.6 Å². The Balaban J connectivity index is 1.65. The Hall–Kier alpha value is -2.68. The van der Waals surface area contributed by atoms with Crippen molar-refractivity contribution in [1.29, 1.82) is 0 Å². The molecule has 2 amide bonds. The summed E-state index contributed by atoms with van der Waals surface area (Å²) in [7, 11) is 1.32. The molecular weight excluding hydrogens is 468 g/mol. The van der Waals surface area contributed by atoms with Gasteiger partial charge < -0.3 is 9.64 Å². The highest BCUT2D eigenvalue weighted by molar-refractivity contribution is 8.26. The number of methoxy groups -OCH3 is 1. The highest BCUT2D eigenvalue weighted by Crippen LogP contribution is 2.45. The molecule has 2 heterocycles. The van der Waals surface area contributed by atoms with E-state index in [2.05, 4.69) is 4.74 Å². The van der Waals surface area contributed by atoms with Crippen LogP contribution in [0.1, 0.15) is 24.0 Å². The van der Waals surface area contributed by atoms with Crippen molar-refractivity contribution in [2.75, 3.05) is 18.6 Å². The highest BCUT2D eigenvalue weighted by Gasteiger charge is 2.41. The Morgan fingerprint density at radius 3 is 2.53 bits per heavy atom. The number of nitrogens with zero attached hydrogens (tertiary/aromatic N) is 2. The standard InChI is InChI=1S/C23H19ClN2O4S2/c1-30-18(27)11-6-12-25-22(29)20(32-23(25)31)19-15-8-3-5-10-17(15)26(21(19)28)13-14-7-2-4-9-16(14)24/h2-5,7-10H,6,11-13H2,1H3/b20-19-. The number of para-hydroxylation sites is 1. The molecule has 2 aromatic rings. The van der Waals surface area contributed by atoms with Crippen molar-refractivity contribution in [3.63, 3.8) is 0 Å². The lowest BCUT2D eigenvalue weighted by Gasteiger charge is -2.18. The van der Waals surface area contributed by atoms with Crippen LogP contribution in [0.5, 0.6) is 0 Å². The molecule has 1 saturated heterocycles. The van der Waals surface area contributed by atoms with Crippen LogP contribution in [-0.2, 0) is 25.7 Å². The van der Waals surface area contributed by atoms with Crippen LogP contribution in [0.25, 0.3) is 5.57 Å². The Morgan fingerprint density at radius 1 is 1.06 bits per heavy atom. The molecule has 0 aromatic heterocycles. The number of esters is 1. The average molecular weight is 487 g/mol. The second kappa shape index (κ2) is 9.44. The first-order chi connectivity index (χ1) is 15.4. The van der Waals surface area contributed by atoms with Gasteiger partial charge in [0.15, 0.2) is 0 Å². The quantitative estimate of drug-likeness (QED) is 0.342. The Kier molecular flexibility index (Phi) is 6.64. The van der Waals surface area contributed by atoms with Crippen molar-refractivity contribution < 1.29 is 19.1 Å². The first-order valence-electron chi connectivity index (χ1n) is 9.91. The zero-order valence-electron chi connectivity index (χ0n) is 17.2. The second-order valence-electron chi connectivity index (χ2n) is 7.21. The maximum atomic E-state index is 13.5. The first-order valence-corrected chi connectivity index (χ1v) is 11.5. The number of hydrogen-bond donors (Lipinski definition) is 0. The van der Waals surface area contributed by atoms with E-state index < -0.39 is 0 Å². The number of benzene rings is 2. The van der Waals surface area contributed by atoms with Crippen LogP contribution in [-0.4, -0.2) is 40.7 Å². The molecule has 0 aliphatic carbocycles. The lowest BCUT2D eigenvalue weighted by Crippen LogP contribution is -2.30. The van der Waals surface area contributed by atoms with Gasteiger partial charge in [-0.1, -0.05) is 72.0 Å². The molecule has 0 N–H and O–H groups in total. The number of amides is 2. The molecule has 0 radical (unpaired) electrons. The molecule has 164 valence electrons. The zero-order valence-corrected chi connectivity index (χ0v) is 19.6. The third-order valence-electron chi connectivity index (χ3n) is 5.28. The van der Waals surface area contributed by atoms with Crippen LogP contribution in [0, 0.1) is 0 Å². The number of anilines is 1. The van der Waals surface area contributed by atoms with E-state index in [1.165, 1.54) is 12.0 Å². The second-order valence-corrected chi connectivity index (χ2v) is 9.26. The van der Waals surface area contributed by atoms with E-state index in [1.807, 2.05) is 42.5 Å². The van der Waals surface area contributed by atoms with E-state index in [1.54, 1.807) is 11.0 Å². The number of halogens is 1. The van der Waals surface area contributed by atoms with Gasteiger partial charge in [0.05, 0.1) is 29.8 Å². The van der Waals surface area contributed by atoms with Gasteiger partial charge in [0, 0.05) is 23.6 Å². The van der Waals surface area contributed by atoms with Crippen molar-refractivity contribution in [1.82, 2.24) is 4.90 Å². The summed E-state index contributed by atoms with van der Waals surface area (Å²) < 4.78 is 5.02. The van der Waals surface area contributed by atoms with Gasteiger partial charge in [0.2, 0.25) is 0 Å². The number of rotatable bonds is 6. The number of ether oxygens (including phenoxy) is 1. The number of carbonyl (C=O) groups excluding carboxylic acids is 3. The Labute approximate surface area is 200 Å². The summed E-state index contributed by atoms with van der Waals surface area (Å²) in [5.41, 5.74) is 2.58. The molecule has 6 nitrogen and oxygen atoms in total. The maximum absolute atomic E-state index is 13.5. The minimum absolute atomic E-state index is 0.187. The number of hydrogen-bond acceptors (Lipinski definition) is 6. The monoisotopic (exact) mass is 486 g/mol. The smallest absolute Gasteiger partial charge is 0.305 e. The average Bonchev–Trinajstić information content (AvgIpc) is 3.22. The topological polar surface area (TPSA) is 66.9 Å². The summed E-state index contributed by atoms with van der Waals surface area (Å²) in [5.74, 6) is -0.923. The van der Waals surface area contributed by atoms with Crippen molar-refractivity contribution in [2.24, 2.45) is 0 Å². The van der Waals surface area contributed by atoms with Crippen LogP contribution in [0.2, 0.25) is 5.02 Å². The zero-order chi connectivity index (χ0) is 22.8. The number of carbonyl (C=O) groups is 3. The number of fused-ring (bicyclic) bond motifs is 1. The molecule has 0 bridgehead atoms. The SMILES string of the molecule is COC(=O)CCCN1C(=O)/C(=C2/C(=O)N(Cc3ccccc3Cl)c3ccccc32)SC1=S. The van der Waals surface area contributed by atoms with Crippen LogP contribution in [0.4, 0.5) is 5.69 Å². The van der Waals surface area contributed by atoms with Crippen LogP contribution >= 0.6 is 35.6 Å². The summed E-state index contributed by atoms with van der Waals surface area (Å²) in [6.45, 7) is 0.578. The summed E-state index contributed by atoms with van der Waals surface area (Å²) in [6, 6.07) is 14.7. The minimum Gasteiger partial charge on any atom is -0.469 e. The van der Waals surface area contributed by atoms with Crippen molar-refractivity contribution in [2.45, 2.75) is 19.4 Å². The fourth-order valence-electron chi connectivity index (χ4n) is 3.68. The molecule has 32 heavy (non-hydrogen) atoms. The van der Waals surface area contributed by atoms with Gasteiger partial charge >= 0.3 is 5.97 Å². The third kappa shape index (κ3) is 4.18. The van der Waals surface area contributed by atoms with Crippen molar-refractivity contribution >= 4 is 68.9 Å². The predicted molar refractivity (Wildman–Crippen MR) is 129 cm³/mol. The lowest BCUT2D eigenvalue weighted by molar-refractivity contribution is -0.141. The van der Waals surface area contributed by atoms with Gasteiger partial charge in [-0.25, -0.2) is 0 Å². The molecule has 2 aliphatic heterocycles. The molecule has 9 heteroatoms. The molecule has 0 atom stereocenters. The summed E-state index contributed by atoms with van der Waals surface area (Å²) in [4.78, 5) is 41.4.